The lowest BCUT2D eigenvalue weighted by Gasteiger charge is -2.04. The van der Waals surface area contributed by atoms with Gasteiger partial charge in [-0.1, -0.05) is 0 Å². The number of halogens is 2. The topological polar surface area (TPSA) is 39.2 Å². The maximum Gasteiger partial charge on any atom is 0.357 e. The molecule has 0 saturated carbocycles. The normalized spacial score (nSPS) is 10.4. The van der Waals surface area contributed by atoms with Crippen LogP contribution in [0, 0.1) is 11.6 Å². The zero-order valence-electron chi connectivity index (χ0n) is 8.33. The molecule has 2 aromatic rings. The summed E-state index contributed by atoms with van der Waals surface area (Å²) in [7, 11) is 1.18. The van der Waals surface area contributed by atoms with Crippen LogP contribution in [-0.4, -0.2) is 18.1 Å². The quantitative estimate of drug-likeness (QED) is 0.696. The molecule has 0 aliphatic carbocycles. The summed E-state index contributed by atoms with van der Waals surface area (Å²) < 4.78 is 30.9. The van der Waals surface area contributed by atoms with Crippen molar-refractivity contribution in [3.63, 3.8) is 0 Å². The van der Waals surface area contributed by atoms with Gasteiger partial charge in [-0.2, -0.15) is 0 Å². The first-order chi connectivity index (χ1) is 7.63. The van der Waals surface area contributed by atoms with Gasteiger partial charge in [-0.3, -0.25) is 0 Å². The number of pyridine rings is 1. The van der Waals surface area contributed by atoms with E-state index in [0.717, 1.165) is 12.1 Å². The molecule has 5 heteroatoms. The maximum absolute atomic E-state index is 13.4. The van der Waals surface area contributed by atoms with Crippen molar-refractivity contribution in [1.29, 1.82) is 0 Å². The Morgan fingerprint density at radius 2 is 2.06 bits per heavy atom. The first-order valence-electron chi connectivity index (χ1n) is 4.45. The predicted octanol–water partition coefficient (Wildman–Crippen LogP) is 2.30. The number of hydrogen-bond acceptors (Lipinski definition) is 3. The van der Waals surface area contributed by atoms with E-state index < -0.39 is 17.6 Å². The highest BCUT2D eigenvalue weighted by atomic mass is 19.1. The van der Waals surface area contributed by atoms with Gasteiger partial charge < -0.3 is 4.74 Å². The molecule has 82 valence electrons. The molecule has 0 saturated heterocycles. The summed E-state index contributed by atoms with van der Waals surface area (Å²) in [6.45, 7) is 0. The molecule has 3 nitrogen and oxygen atoms in total. The number of rotatable bonds is 1. The summed E-state index contributed by atoms with van der Waals surface area (Å²) in [6, 6.07) is 3.18. The lowest BCUT2D eigenvalue weighted by molar-refractivity contribution is 0.0596. The molecule has 1 heterocycles. The summed E-state index contributed by atoms with van der Waals surface area (Å²) in [6.07, 6.45) is 1.27. The Bertz CT molecular complexity index is 569. The molecule has 0 bridgehead atoms. The van der Waals surface area contributed by atoms with E-state index in [9.17, 15) is 13.6 Å². The fourth-order valence-corrected chi connectivity index (χ4v) is 1.47. The molecule has 0 aliphatic heterocycles. The van der Waals surface area contributed by atoms with Gasteiger partial charge in [0.05, 0.1) is 7.11 Å². The van der Waals surface area contributed by atoms with Gasteiger partial charge in [0, 0.05) is 23.0 Å². The zero-order valence-corrected chi connectivity index (χ0v) is 8.33. The van der Waals surface area contributed by atoms with Crippen molar-refractivity contribution in [3.8, 4) is 0 Å². The average molecular weight is 223 g/mol. The van der Waals surface area contributed by atoms with E-state index >= 15 is 0 Å². The molecule has 2 rings (SSSR count). The Morgan fingerprint density at radius 3 is 2.75 bits per heavy atom. The van der Waals surface area contributed by atoms with E-state index in [4.69, 9.17) is 0 Å². The van der Waals surface area contributed by atoms with Crippen molar-refractivity contribution < 1.29 is 18.3 Å². The number of fused-ring (bicyclic) bond motifs is 1. The number of aromatic nitrogens is 1. The van der Waals surface area contributed by atoms with E-state index in [1.165, 1.54) is 19.4 Å². The van der Waals surface area contributed by atoms with Crippen LogP contribution in [0.3, 0.4) is 0 Å². The van der Waals surface area contributed by atoms with Crippen LogP contribution < -0.4 is 0 Å². The molecular formula is C11H7F2NO2. The van der Waals surface area contributed by atoms with Crippen LogP contribution in [0.25, 0.3) is 10.8 Å². The van der Waals surface area contributed by atoms with E-state index in [1.807, 2.05) is 0 Å². The third kappa shape index (κ3) is 1.60. The molecule has 0 atom stereocenters. The van der Waals surface area contributed by atoms with Crippen molar-refractivity contribution in [2.24, 2.45) is 0 Å². The molecule has 0 unspecified atom stereocenters. The van der Waals surface area contributed by atoms with Crippen LogP contribution in [0.15, 0.2) is 24.4 Å². The van der Waals surface area contributed by atoms with Crippen LogP contribution in [0.5, 0.6) is 0 Å². The first-order valence-corrected chi connectivity index (χ1v) is 4.45. The number of methoxy groups -OCH3 is 1. The SMILES string of the molecule is COC(=O)c1nccc2c(F)cc(F)cc12. The number of carbonyl (C=O) groups excluding carboxylic acids is 1. The number of nitrogens with zero attached hydrogens (tertiary/aromatic N) is 1. The number of benzene rings is 1. The second-order valence-electron chi connectivity index (χ2n) is 3.13. The van der Waals surface area contributed by atoms with E-state index in [0.29, 0.717) is 0 Å². The fourth-order valence-electron chi connectivity index (χ4n) is 1.47. The number of carbonyl (C=O) groups is 1. The van der Waals surface area contributed by atoms with E-state index in [2.05, 4.69) is 9.72 Å². The number of ether oxygens (including phenoxy) is 1. The minimum absolute atomic E-state index is 0.0987. The van der Waals surface area contributed by atoms with Gasteiger partial charge in [-0.05, 0) is 12.1 Å². The molecule has 1 aromatic carbocycles. The van der Waals surface area contributed by atoms with Crippen molar-refractivity contribution in [2.75, 3.05) is 7.11 Å². The Hall–Kier alpha value is -2.04. The zero-order chi connectivity index (χ0) is 11.7. The maximum atomic E-state index is 13.4. The number of esters is 1. The van der Waals surface area contributed by atoms with Crippen molar-refractivity contribution >= 4 is 16.7 Å². The lowest BCUT2D eigenvalue weighted by Crippen LogP contribution is -2.05. The highest BCUT2D eigenvalue weighted by molar-refractivity contribution is 6.02. The summed E-state index contributed by atoms with van der Waals surface area (Å²) in [5, 5.41) is 0.239. The van der Waals surface area contributed by atoms with Crippen molar-refractivity contribution in [1.82, 2.24) is 4.98 Å². The molecule has 0 aliphatic rings. The molecule has 0 radical (unpaired) electrons. The van der Waals surface area contributed by atoms with Gasteiger partial charge in [-0.25, -0.2) is 18.6 Å². The van der Waals surface area contributed by atoms with Crippen LogP contribution in [0.4, 0.5) is 8.78 Å². The van der Waals surface area contributed by atoms with Gasteiger partial charge in [0.25, 0.3) is 0 Å². The molecular weight excluding hydrogens is 216 g/mol. The van der Waals surface area contributed by atoms with Gasteiger partial charge in [0.2, 0.25) is 0 Å². The van der Waals surface area contributed by atoms with E-state index in [1.54, 1.807) is 0 Å². The lowest BCUT2D eigenvalue weighted by atomic mass is 10.1. The Morgan fingerprint density at radius 1 is 1.31 bits per heavy atom. The monoisotopic (exact) mass is 223 g/mol. The average Bonchev–Trinajstić information content (AvgIpc) is 2.27. The molecule has 0 spiro atoms. The Balaban J connectivity index is 2.81. The minimum atomic E-state index is -0.761. The molecule has 16 heavy (non-hydrogen) atoms. The summed E-state index contributed by atoms with van der Waals surface area (Å²) in [4.78, 5) is 15.1. The number of hydrogen-bond donors (Lipinski definition) is 0. The largest absolute Gasteiger partial charge is 0.464 e. The summed E-state index contributed by atoms with van der Waals surface area (Å²) >= 11 is 0. The Kier molecular flexibility index (Phi) is 2.52. The van der Waals surface area contributed by atoms with Crippen molar-refractivity contribution in [3.05, 3.63) is 41.7 Å². The summed E-state index contributed by atoms with van der Waals surface area (Å²) in [5.41, 5.74) is -0.0987. The fraction of sp³-hybridized carbons (Fsp3) is 0.0909. The summed E-state index contributed by atoms with van der Waals surface area (Å²) in [5.74, 6) is -2.22. The minimum Gasteiger partial charge on any atom is -0.464 e. The van der Waals surface area contributed by atoms with Crippen molar-refractivity contribution in [2.45, 2.75) is 0 Å². The van der Waals surface area contributed by atoms with Crippen LogP contribution >= 0.6 is 0 Å². The van der Waals surface area contributed by atoms with Gasteiger partial charge in [0.15, 0.2) is 5.69 Å². The van der Waals surface area contributed by atoms with Crippen LogP contribution in [-0.2, 0) is 4.74 Å². The van der Waals surface area contributed by atoms with Gasteiger partial charge >= 0.3 is 5.97 Å². The molecule has 0 N–H and O–H groups in total. The molecule has 1 aromatic heterocycles. The highest BCUT2D eigenvalue weighted by Gasteiger charge is 2.14. The third-order valence-electron chi connectivity index (χ3n) is 2.17. The smallest absolute Gasteiger partial charge is 0.357 e. The predicted molar refractivity (Wildman–Crippen MR) is 53.0 cm³/mol. The Labute approximate surface area is 89.7 Å². The van der Waals surface area contributed by atoms with E-state index in [-0.39, 0.29) is 16.5 Å². The highest BCUT2D eigenvalue weighted by Crippen LogP contribution is 2.21. The van der Waals surface area contributed by atoms with Crippen LogP contribution in [0.2, 0.25) is 0 Å². The molecule has 0 fully saturated rings. The second kappa shape index (κ2) is 3.84. The molecule has 0 amide bonds. The van der Waals surface area contributed by atoms with Gasteiger partial charge in [0.1, 0.15) is 11.6 Å². The van der Waals surface area contributed by atoms with Crippen LogP contribution in [0.1, 0.15) is 10.5 Å². The van der Waals surface area contributed by atoms with Gasteiger partial charge in [-0.15, -0.1) is 0 Å². The second-order valence-corrected chi connectivity index (χ2v) is 3.13. The first kappa shape index (κ1) is 10.5. The third-order valence-corrected chi connectivity index (χ3v) is 2.17. The standard InChI is InChI=1S/C11H7F2NO2/c1-16-11(15)10-8-4-6(12)5-9(13)7(8)2-3-14-10/h2-5H,1H3.